The highest BCUT2D eigenvalue weighted by molar-refractivity contribution is 5.96. The number of nitrogens with one attached hydrogen (secondary N) is 1. The second kappa shape index (κ2) is 7.07. The first-order valence-corrected chi connectivity index (χ1v) is 6.97. The van der Waals surface area contributed by atoms with Crippen LogP contribution in [0.3, 0.4) is 0 Å². The van der Waals surface area contributed by atoms with Crippen LogP contribution < -0.4 is 5.32 Å². The van der Waals surface area contributed by atoms with Gasteiger partial charge in [-0.05, 0) is 27.2 Å². The third kappa shape index (κ3) is 3.59. The van der Waals surface area contributed by atoms with Gasteiger partial charge >= 0.3 is 5.97 Å². The van der Waals surface area contributed by atoms with Crippen LogP contribution in [0.2, 0.25) is 0 Å². The van der Waals surface area contributed by atoms with E-state index in [0.717, 1.165) is 12.1 Å². The summed E-state index contributed by atoms with van der Waals surface area (Å²) in [5.41, 5.74) is 2.03. The minimum absolute atomic E-state index is 0.151. The number of aromatic nitrogens is 2. The largest absolute Gasteiger partial charge is 0.481 e. The first kappa shape index (κ1) is 16.2. The predicted molar refractivity (Wildman–Crippen MR) is 75.7 cm³/mol. The zero-order chi connectivity index (χ0) is 15.3. The fourth-order valence-corrected chi connectivity index (χ4v) is 2.30. The number of rotatable bonds is 7. The van der Waals surface area contributed by atoms with Crippen LogP contribution in [0, 0.1) is 19.8 Å². The van der Waals surface area contributed by atoms with Crippen LogP contribution in [0.1, 0.15) is 48.4 Å². The first-order valence-electron chi connectivity index (χ1n) is 6.97. The van der Waals surface area contributed by atoms with Gasteiger partial charge in [0.1, 0.15) is 0 Å². The molecule has 1 aromatic heterocycles. The molecule has 0 aromatic carbocycles. The van der Waals surface area contributed by atoms with Crippen LogP contribution >= 0.6 is 0 Å². The minimum atomic E-state index is -0.871. The molecule has 1 aromatic rings. The van der Waals surface area contributed by atoms with Crippen LogP contribution in [0.15, 0.2) is 0 Å². The number of aliphatic carboxylic acids is 1. The van der Waals surface area contributed by atoms with Crippen LogP contribution in [0.4, 0.5) is 0 Å². The van der Waals surface area contributed by atoms with Gasteiger partial charge in [0.2, 0.25) is 0 Å². The van der Waals surface area contributed by atoms with Gasteiger partial charge in [-0.15, -0.1) is 0 Å². The van der Waals surface area contributed by atoms with E-state index in [2.05, 4.69) is 10.4 Å². The molecule has 6 nitrogen and oxygen atoms in total. The zero-order valence-corrected chi connectivity index (χ0v) is 12.6. The fourth-order valence-electron chi connectivity index (χ4n) is 2.30. The molecule has 0 bridgehead atoms. The molecule has 0 radical (unpaired) electrons. The summed E-state index contributed by atoms with van der Waals surface area (Å²) < 4.78 is 1.77. The Morgan fingerprint density at radius 3 is 2.45 bits per heavy atom. The Balaban J connectivity index is 2.76. The summed E-state index contributed by atoms with van der Waals surface area (Å²) in [6.07, 6.45) is 1.33. The molecule has 0 aliphatic rings. The number of nitrogens with zero attached hydrogens (tertiary/aromatic N) is 2. The van der Waals surface area contributed by atoms with Gasteiger partial charge < -0.3 is 10.4 Å². The molecule has 0 saturated heterocycles. The van der Waals surface area contributed by atoms with Gasteiger partial charge in [-0.25, -0.2) is 0 Å². The van der Waals surface area contributed by atoms with Gasteiger partial charge in [0.05, 0.1) is 17.2 Å². The summed E-state index contributed by atoms with van der Waals surface area (Å²) in [6.45, 7) is 8.37. The van der Waals surface area contributed by atoms with E-state index in [4.69, 9.17) is 5.11 Å². The summed E-state index contributed by atoms with van der Waals surface area (Å²) in [7, 11) is 0. The lowest BCUT2D eigenvalue weighted by Gasteiger charge is -2.12. The van der Waals surface area contributed by atoms with Crippen molar-refractivity contribution in [2.24, 2.45) is 5.92 Å². The van der Waals surface area contributed by atoms with E-state index in [9.17, 15) is 9.59 Å². The van der Waals surface area contributed by atoms with Crippen LogP contribution in [0.25, 0.3) is 0 Å². The highest BCUT2D eigenvalue weighted by Crippen LogP contribution is 2.13. The van der Waals surface area contributed by atoms with E-state index < -0.39 is 11.9 Å². The van der Waals surface area contributed by atoms with E-state index in [-0.39, 0.29) is 12.5 Å². The number of hydrogen-bond donors (Lipinski definition) is 2. The third-order valence-corrected chi connectivity index (χ3v) is 3.40. The van der Waals surface area contributed by atoms with Gasteiger partial charge in [-0.3, -0.25) is 14.3 Å². The van der Waals surface area contributed by atoms with E-state index in [0.29, 0.717) is 24.2 Å². The monoisotopic (exact) mass is 281 g/mol. The highest BCUT2D eigenvalue weighted by Gasteiger charge is 2.21. The Hall–Kier alpha value is -1.85. The summed E-state index contributed by atoms with van der Waals surface area (Å²) in [5.74, 6) is -1.65. The predicted octanol–water partition coefficient (Wildman–Crippen LogP) is 1.75. The van der Waals surface area contributed by atoms with Gasteiger partial charge in [-0.2, -0.15) is 5.10 Å². The Morgan fingerprint density at radius 2 is 2.00 bits per heavy atom. The van der Waals surface area contributed by atoms with Gasteiger partial charge in [0.15, 0.2) is 0 Å². The molecular formula is C14H23N3O3. The third-order valence-electron chi connectivity index (χ3n) is 3.40. The number of amides is 1. The molecule has 0 aliphatic heterocycles. The molecular weight excluding hydrogens is 258 g/mol. The molecule has 112 valence electrons. The summed E-state index contributed by atoms with van der Waals surface area (Å²) >= 11 is 0. The van der Waals surface area contributed by atoms with E-state index in [1.54, 1.807) is 11.6 Å². The molecule has 0 spiro atoms. The first-order chi connectivity index (χ1) is 9.42. The Bertz CT molecular complexity index is 494. The zero-order valence-electron chi connectivity index (χ0n) is 12.6. The summed E-state index contributed by atoms with van der Waals surface area (Å²) in [6, 6.07) is 0. The minimum Gasteiger partial charge on any atom is -0.481 e. The average molecular weight is 281 g/mol. The normalized spacial score (nSPS) is 12.2. The van der Waals surface area contributed by atoms with Crippen molar-refractivity contribution in [3.8, 4) is 0 Å². The van der Waals surface area contributed by atoms with Crippen molar-refractivity contribution < 1.29 is 14.7 Å². The Kier molecular flexibility index (Phi) is 5.73. The molecule has 1 unspecified atom stereocenters. The average Bonchev–Trinajstić information content (AvgIpc) is 2.68. The molecule has 1 amide bonds. The highest BCUT2D eigenvalue weighted by atomic mass is 16.4. The number of aryl methyl sites for hydroxylation is 2. The molecule has 1 rings (SSSR count). The maximum absolute atomic E-state index is 12.2. The number of carbonyl (C=O) groups is 2. The van der Waals surface area contributed by atoms with Crippen LogP contribution in [-0.4, -0.2) is 33.3 Å². The molecule has 2 N–H and O–H groups in total. The standard InChI is InChI=1S/C14H23N3O3/c1-5-7-11(14(19)20)8-15-13(18)12-9(3)16-17(6-2)10(12)4/h11H,5-8H2,1-4H3,(H,15,18)(H,19,20). The maximum atomic E-state index is 12.2. The van der Waals surface area contributed by atoms with Crippen molar-refractivity contribution in [3.63, 3.8) is 0 Å². The lowest BCUT2D eigenvalue weighted by molar-refractivity contribution is -0.141. The maximum Gasteiger partial charge on any atom is 0.308 e. The molecule has 20 heavy (non-hydrogen) atoms. The Morgan fingerprint density at radius 1 is 1.35 bits per heavy atom. The SMILES string of the molecule is CCCC(CNC(=O)c1c(C)nn(CC)c1C)C(=O)O. The molecule has 0 fully saturated rings. The Labute approximate surface area is 119 Å². The van der Waals surface area contributed by atoms with Crippen LogP contribution in [-0.2, 0) is 11.3 Å². The smallest absolute Gasteiger partial charge is 0.308 e. The topological polar surface area (TPSA) is 84.2 Å². The lowest BCUT2D eigenvalue weighted by atomic mass is 10.0. The van der Waals surface area contributed by atoms with Crippen molar-refractivity contribution in [3.05, 3.63) is 17.0 Å². The van der Waals surface area contributed by atoms with Gasteiger partial charge in [-0.1, -0.05) is 13.3 Å². The van der Waals surface area contributed by atoms with Crippen LogP contribution in [0.5, 0.6) is 0 Å². The number of carboxylic acid groups (broad SMARTS) is 1. The van der Waals surface area contributed by atoms with E-state index >= 15 is 0 Å². The van der Waals surface area contributed by atoms with Crippen molar-refractivity contribution >= 4 is 11.9 Å². The summed E-state index contributed by atoms with van der Waals surface area (Å²) in [4.78, 5) is 23.2. The van der Waals surface area contributed by atoms with Crippen molar-refractivity contribution in [2.45, 2.75) is 47.1 Å². The van der Waals surface area contributed by atoms with Gasteiger partial charge in [0.25, 0.3) is 5.91 Å². The molecule has 6 heteroatoms. The summed E-state index contributed by atoms with van der Waals surface area (Å²) in [5, 5.41) is 16.1. The molecule has 0 aliphatic carbocycles. The number of carbonyl (C=O) groups excluding carboxylic acids is 1. The number of carboxylic acids is 1. The number of hydrogen-bond acceptors (Lipinski definition) is 3. The molecule has 1 heterocycles. The second-order valence-corrected chi connectivity index (χ2v) is 4.90. The molecule has 0 saturated carbocycles. The lowest BCUT2D eigenvalue weighted by Crippen LogP contribution is -2.33. The van der Waals surface area contributed by atoms with E-state index in [1.807, 2.05) is 20.8 Å². The second-order valence-electron chi connectivity index (χ2n) is 4.90. The quantitative estimate of drug-likeness (QED) is 0.797. The van der Waals surface area contributed by atoms with Crippen molar-refractivity contribution in [1.82, 2.24) is 15.1 Å². The van der Waals surface area contributed by atoms with Gasteiger partial charge in [0, 0.05) is 18.8 Å². The molecule has 1 atom stereocenters. The fraction of sp³-hybridized carbons (Fsp3) is 0.643. The van der Waals surface area contributed by atoms with E-state index in [1.165, 1.54) is 0 Å². The van der Waals surface area contributed by atoms with Crippen molar-refractivity contribution in [2.75, 3.05) is 6.54 Å². The van der Waals surface area contributed by atoms with Crippen molar-refractivity contribution in [1.29, 1.82) is 0 Å².